The first-order chi connectivity index (χ1) is 7.78. The molecule has 3 nitrogen and oxygen atoms in total. The van der Waals surface area contributed by atoms with Gasteiger partial charge in [-0.1, -0.05) is 11.6 Å². The van der Waals surface area contributed by atoms with Gasteiger partial charge >= 0.3 is 5.97 Å². The number of esters is 1. The van der Waals surface area contributed by atoms with Crippen LogP contribution in [0.5, 0.6) is 0 Å². The van der Waals surface area contributed by atoms with Crippen LogP contribution < -0.4 is 0 Å². The first kappa shape index (κ1) is 14.4. The molecule has 5 heteroatoms. The Bertz CT molecular complexity index is 384. The summed E-state index contributed by atoms with van der Waals surface area (Å²) in [4.78, 5) is 12.0. The van der Waals surface area contributed by atoms with Crippen LogP contribution in [0, 0.1) is 0 Å². The van der Waals surface area contributed by atoms with E-state index < -0.39 is 22.7 Å². The van der Waals surface area contributed by atoms with Crippen LogP contribution in [-0.4, -0.2) is 21.9 Å². The third kappa shape index (κ3) is 5.44. The molecule has 0 aliphatic carbocycles. The molecule has 1 unspecified atom stereocenters. The second-order valence-corrected chi connectivity index (χ2v) is 6.42. The van der Waals surface area contributed by atoms with E-state index in [1.807, 2.05) is 0 Å². The summed E-state index contributed by atoms with van der Waals surface area (Å²) >= 11 is 4.33. The fraction of sp³-hybridized carbons (Fsp3) is 0.417. The Morgan fingerprint density at radius 1 is 1.35 bits per heavy atom. The zero-order valence-corrected chi connectivity index (χ0v) is 11.6. The number of rotatable bonds is 3. The number of hydrogen-bond donors (Lipinski definition) is 0. The fourth-order valence-electron chi connectivity index (χ4n) is 1.15. The lowest BCUT2D eigenvalue weighted by Gasteiger charge is -2.19. The van der Waals surface area contributed by atoms with Gasteiger partial charge in [0.15, 0.2) is 4.90 Å². The average molecular weight is 275 g/mol. The third-order valence-corrected chi connectivity index (χ3v) is 3.29. The number of carbonyl (C=O) groups is 1. The number of benzene rings is 1. The van der Waals surface area contributed by atoms with Crippen molar-refractivity contribution in [2.24, 2.45) is 0 Å². The molecule has 0 fully saturated rings. The molecule has 0 bridgehead atoms. The van der Waals surface area contributed by atoms with Gasteiger partial charge < -0.3 is 9.29 Å². The molecule has 0 N–H and O–H groups in total. The Balaban J connectivity index is 2.57. The van der Waals surface area contributed by atoms with Crippen molar-refractivity contribution in [3.63, 3.8) is 0 Å². The lowest BCUT2D eigenvalue weighted by molar-refractivity contribution is -0.151. The molecule has 0 radical (unpaired) electrons. The molecule has 0 aliphatic rings. The maximum Gasteiger partial charge on any atom is 0.357 e. The van der Waals surface area contributed by atoms with Crippen molar-refractivity contribution in [3.8, 4) is 0 Å². The molecule has 17 heavy (non-hydrogen) atoms. The number of hydrogen-bond acceptors (Lipinski definition) is 3. The van der Waals surface area contributed by atoms with Gasteiger partial charge in [-0.15, -0.1) is 0 Å². The number of ether oxygens (including phenoxy) is 1. The van der Waals surface area contributed by atoms with E-state index in [0.29, 0.717) is 9.92 Å². The van der Waals surface area contributed by atoms with E-state index in [9.17, 15) is 9.35 Å². The molecule has 94 valence electrons. The second kappa shape index (κ2) is 5.76. The first-order valence-corrected chi connectivity index (χ1v) is 6.83. The van der Waals surface area contributed by atoms with E-state index in [4.69, 9.17) is 16.3 Å². The van der Waals surface area contributed by atoms with Crippen molar-refractivity contribution >= 4 is 28.7 Å². The zero-order chi connectivity index (χ0) is 13.1. The smallest absolute Gasteiger partial charge is 0.357 e. The highest BCUT2D eigenvalue weighted by Crippen LogP contribution is 2.16. The topological polar surface area (TPSA) is 49.4 Å². The number of carbonyl (C=O) groups excluding carboxylic acids is 1. The highest BCUT2D eigenvalue weighted by atomic mass is 35.5. The standard InChI is InChI=1S/C12H15ClO3S/c1-12(2,3)16-11(14)8-17(15)10-6-4-9(13)5-7-10/h4-7H,8H2,1-3H3. The van der Waals surface area contributed by atoms with Gasteiger partial charge in [0.25, 0.3) is 0 Å². The normalized spacial score (nSPS) is 13.2. The van der Waals surface area contributed by atoms with Gasteiger partial charge in [0.05, 0.1) is 0 Å². The average Bonchev–Trinajstić information content (AvgIpc) is 2.15. The summed E-state index contributed by atoms with van der Waals surface area (Å²) in [5.41, 5.74) is -0.554. The van der Waals surface area contributed by atoms with Gasteiger partial charge in [0, 0.05) is 5.02 Å². The predicted molar refractivity (Wildman–Crippen MR) is 68.6 cm³/mol. The van der Waals surface area contributed by atoms with E-state index in [-0.39, 0.29) is 5.75 Å². The minimum atomic E-state index is -1.39. The molecule has 0 amide bonds. The largest absolute Gasteiger partial charge is 0.611 e. The van der Waals surface area contributed by atoms with Crippen LogP contribution in [0.3, 0.4) is 0 Å². The van der Waals surface area contributed by atoms with Crippen molar-refractivity contribution in [1.29, 1.82) is 0 Å². The molecular formula is C12H15ClO3S. The SMILES string of the molecule is CC(C)(C)OC(=O)C[S+]([O-])c1ccc(Cl)cc1. The van der Waals surface area contributed by atoms with Gasteiger partial charge in [0.1, 0.15) is 5.60 Å². The van der Waals surface area contributed by atoms with Gasteiger partial charge in [-0.3, -0.25) is 0 Å². The lowest BCUT2D eigenvalue weighted by atomic mass is 10.2. The summed E-state index contributed by atoms with van der Waals surface area (Å²) in [6.45, 7) is 5.32. The fourth-order valence-corrected chi connectivity index (χ4v) is 2.15. The van der Waals surface area contributed by atoms with Gasteiger partial charge in [-0.2, -0.15) is 0 Å². The van der Waals surface area contributed by atoms with Crippen LogP contribution in [0.25, 0.3) is 0 Å². The lowest BCUT2D eigenvalue weighted by Crippen LogP contribution is -2.28. The highest BCUT2D eigenvalue weighted by Gasteiger charge is 2.22. The molecule has 0 aromatic heterocycles. The monoisotopic (exact) mass is 274 g/mol. The van der Waals surface area contributed by atoms with E-state index in [0.717, 1.165) is 0 Å². The molecular weight excluding hydrogens is 260 g/mol. The Labute approximate surface area is 109 Å². The highest BCUT2D eigenvalue weighted by molar-refractivity contribution is 7.92. The molecule has 1 aromatic carbocycles. The van der Waals surface area contributed by atoms with Crippen molar-refractivity contribution in [2.45, 2.75) is 31.3 Å². The zero-order valence-electron chi connectivity index (χ0n) is 10.0. The van der Waals surface area contributed by atoms with Gasteiger partial charge in [0.2, 0.25) is 5.75 Å². The van der Waals surface area contributed by atoms with Gasteiger partial charge in [-0.05, 0) is 56.2 Å². The van der Waals surface area contributed by atoms with Crippen molar-refractivity contribution in [1.82, 2.24) is 0 Å². The molecule has 1 aromatic rings. The van der Waals surface area contributed by atoms with Crippen LogP contribution in [0.4, 0.5) is 0 Å². The van der Waals surface area contributed by atoms with E-state index in [2.05, 4.69) is 0 Å². The predicted octanol–water partition coefficient (Wildman–Crippen LogP) is 2.79. The van der Waals surface area contributed by atoms with E-state index >= 15 is 0 Å². The minimum Gasteiger partial charge on any atom is -0.611 e. The molecule has 0 aliphatic heterocycles. The van der Waals surface area contributed by atoms with Crippen LogP contribution in [0.1, 0.15) is 20.8 Å². The van der Waals surface area contributed by atoms with Gasteiger partial charge in [-0.25, -0.2) is 4.79 Å². The van der Waals surface area contributed by atoms with E-state index in [1.165, 1.54) is 0 Å². The van der Waals surface area contributed by atoms with Crippen LogP contribution >= 0.6 is 11.6 Å². The van der Waals surface area contributed by atoms with Crippen LogP contribution in [0.2, 0.25) is 5.02 Å². The summed E-state index contributed by atoms with van der Waals surface area (Å²) in [5, 5.41) is 0.572. The number of halogens is 1. The molecule has 0 heterocycles. The Morgan fingerprint density at radius 3 is 2.35 bits per heavy atom. The molecule has 1 atom stereocenters. The van der Waals surface area contributed by atoms with Crippen molar-refractivity contribution in [2.75, 3.05) is 5.75 Å². The Hall–Kier alpha value is -0.710. The van der Waals surface area contributed by atoms with Crippen LogP contribution in [-0.2, 0) is 20.7 Å². The summed E-state index contributed by atoms with van der Waals surface area (Å²) in [7, 11) is 0. The van der Waals surface area contributed by atoms with E-state index in [1.54, 1.807) is 45.0 Å². The maximum atomic E-state index is 11.8. The van der Waals surface area contributed by atoms with Crippen LogP contribution in [0.15, 0.2) is 29.2 Å². The summed E-state index contributed by atoms with van der Waals surface area (Å²) in [6, 6.07) is 6.57. The minimum absolute atomic E-state index is 0.140. The third-order valence-electron chi connectivity index (χ3n) is 1.75. The quantitative estimate of drug-likeness (QED) is 0.629. The first-order valence-electron chi connectivity index (χ1n) is 5.14. The summed E-state index contributed by atoms with van der Waals surface area (Å²) < 4.78 is 16.9. The summed E-state index contributed by atoms with van der Waals surface area (Å²) in [6.07, 6.45) is 0. The maximum absolute atomic E-state index is 11.8. The van der Waals surface area contributed by atoms with Crippen molar-refractivity contribution < 1.29 is 14.1 Å². The summed E-state index contributed by atoms with van der Waals surface area (Å²) in [5.74, 6) is -0.607. The Kier molecular flexibility index (Phi) is 4.86. The molecule has 1 rings (SSSR count). The van der Waals surface area contributed by atoms with Crippen molar-refractivity contribution in [3.05, 3.63) is 29.3 Å². The molecule has 0 spiro atoms. The Morgan fingerprint density at radius 2 is 1.88 bits per heavy atom. The second-order valence-electron chi connectivity index (χ2n) is 4.53. The molecule has 0 saturated heterocycles. The molecule has 0 saturated carbocycles.